The third-order valence-electron chi connectivity index (χ3n) is 4.84. The highest BCUT2D eigenvalue weighted by Gasteiger charge is 2.44. The summed E-state index contributed by atoms with van der Waals surface area (Å²) in [5.74, 6) is 0.993. The molecule has 3 aliphatic rings. The second-order valence-corrected chi connectivity index (χ2v) is 6.26. The molecule has 0 aromatic rings. The van der Waals surface area contributed by atoms with Crippen LogP contribution < -0.4 is 5.32 Å². The predicted octanol–water partition coefficient (Wildman–Crippen LogP) is 1.63. The molecule has 1 spiro atoms. The van der Waals surface area contributed by atoms with E-state index in [4.69, 9.17) is 4.74 Å². The summed E-state index contributed by atoms with van der Waals surface area (Å²) in [6, 6.07) is 0.621. The molecule has 1 N–H and O–H groups in total. The molecule has 98 valence electrons. The van der Waals surface area contributed by atoms with Crippen LogP contribution >= 0.6 is 0 Å². The van der Waals surface area contributed by atoms with Gasteiger partial charge in [0.2, 0.25) is 0 Å². The molecule has 2 unspecified atom stereocenters. The molecule has 3 heteroatoms. The SMILES string of the molecule is CN1CCCC2(CC1)OCCNC2CC1CC1. The lowest BCUT2D eigenvalue weighted by molar-refractivity contribution is -0.108. The van der Waals surface area contributed by atoms with Gasteiger partial charge in [-0.15, -0.1) is 0 Å². The van der Waals surface area contributed by atoms with Gasteiger partial charge in [-0.2, -0.15) is 0 Å². The standard InChI is InChI=1S/C14H26N2O/c1-16-8-2-5-14(6-9-16)13(11-12-3-4-12)15-7-10-17-14/h12-13,15H,2-11H2,1H3. The molecule has 2 heterocycles. The molecule has 0 amide bonds. The summed E-state index contributed by atoms with van der Waals surface area (Å²) in [4.78, 5) is 2.46. The van der Waals surface area contributed by atoms with Crippen LogP contribution in [0, 0.1) is 5.92 Å². The van der Waals surface area contributed by atoms with Gasteiger partial charge in [-0.25, -0.2) is 0 Å². The number of nitrogens with zero attached hydrogens (tertiary/aromatic N) is 1. The monoisotopic (exact) mass is 238 g/mol. The minimum atomic E-state index is 0.158. The molecule has 2 atom stereocenters. The van der Waals surface area contributed by atoms with Gasteiger partial charge >= 0.3 is 0 Å². The largest absolute Gasteiger partial charge is 0.372 e. The highest BCUT2D eigenvalue weighted by molar-refractivity contribution is 5.00. The normalized spacial score (nSPS) is 40.4. The molecule has 3 nitrogen and oxygen atoms in total. The molecule has 3 rings (SSSR count). The van der Waals surface area contributed by atoms with Crippen molar-refractivity contribution in [3.05, 3.63) is 0 Å². The lowest BCUT2D eigenvalue weighted by Gasteiger charge is -2.44. The van der Waals surface area contributed by atoms with Crippen LogP contribution in [-0.4, -0.2) is 49.8 Å². The summed E-state index contributed by atoms with van der Waals surface area (Å²) in [5, 5.41) is 3.75. The maximum Gasteiger partial charge on any atom is 0.0848 e. The Morgan fingerprint density at radius 3 is 3.00 bits per heavy atom. The average molecular weight is 238 g/mol. The van der Waals surface area contributed by atoms with E-state index in [0.29, 0.717) is 6.04 Å². The van der Waals surface area contributed by atoms with Crippen LogP contribution in [-0.2, 0) is 4.74 Å². The third kappa shape index (κ3) is 2.67. The van der Waals surface area contributed by atoms with Gasteiger partial charge in [-0.1, -0.05) is 12.8 Å². The van der Waals surface area contributed by atoms with Crippen molar-refractivity contribution in [2.24, 2.45) is 5.92 Å². The average Bonchev–Trinajstić information content (AvgIpc) is 3.13. The Bertz CT molecular complexity index is 267. The first-order chi connectivity index (χ1) is 8.28. The Labute approximate surface area is 105 Å². The Hall–Kier alpha value is -0.120. The van der Waals surface area contributed by atoms with Crippen LogP contribution in [0.25, 0.3) is 0 Å². The lowest BCUT2D eigenvalue weighted by atomic mass is 9.82. The molecule has 0 radical (unpaired) electrons. The summed E-state index contributed by atoms with van der Waals surface area (Å²) in [6.07, 6.45) is 8.01. The van der Waals surface area contributed by atoms with Gasteiger partial charge < -0.3 is 15.0 Å². The Balaban J connectivity index is 1.70. The Morgan fingerprint density at radius 2 is 2.18 bits per heavy atom. The second-order valence-electron chi connectivity index (χ2n) is 6.26. The van der Waals surface area contributed by atoms with Crippen LogP contribution in [0.1, 0.15) is 38.5 Å². The van der Waals surface area contributed by atoms with E-state index in [1.54, 1.807) is 0 Å². The van der Waals surface area contributed by atoms with Crippen LogP contribution in [0.15, 0.2) is 0 Å². The number of rotatable bonds is 2. The zero-order valence-electron chi connectivity index (χ0n) is 11.1. The van der Waals surface area contributed by atoms with E-state index in [2.05, 4.69) is 17.3 Å². The first-order valence-corrected chi connectivity index (χ1v) is 7.34. The van der Waals surface area contributed by atoms with E-state index in [-0.39, 0.29) is 5.60 Å². The molecule has 0 aromatic heterocycles. The van der Waals surface area contributed by atoms with Crippen molar-refractivity contribution >= 4 is 0 Å². The van der Waals surface area contributed by atoms with E-state index in [9.17, 15) is 0 Å². The molecular weight excluding hydrogens is 212 g/mol. The molecule has 2 saturated heterocycles. The van der Waals surface area contributed by atoms with E-state index in [1.165, 1.54) is 51.6 Å². The molecule has 0 bridgehead atoms. The Morgan fingerprint density at radius 1 is 1.29 bits per heavy atom. The van der Waals surface area contributed by atoms with Gasteiger partial charge in [0.25, 0.3) is 0 Å². The number of hydrogen-bond acceptors (Lipinski definition) is 3. The van der Waals surface area contributed by atoms with Crippen molar-refractivity contribution in [3.8, 4) is 0 Å². The summed E-state index contributed by atoms with van der Waals surface area (Å²) in [5.41, 5.74) is 0.158. The minimum Gasteiger partial charge on any atom is -0.372 e. The van der Waals surface area contributed by atoms with Crippen molar-refractivity contribution in [2.45, 2.75) is 50.2 Å². The maximum absolute atomic E-state index is 6.29. The number of hydrogen-bond donors (Lipinski definition) is 1. The van der Waals surface area contributed by atoms with Crippen molar-refractivity contribution in [1.82, 2.24) is 10.2 Å². The maximum atomic E-state index is 6.29. The van der Waals surface area contributed by atoms with Gasteiger partial charge in [0.15, 0.2) is 0 Å². The topological polar surface area (TPSA) is 24.5 Å². The molecular formula is C14H26N2O. The van der Waals surface area contributed by atoms with Crippen LogP contribution in [0.2, 0.25) is 0 Å². The van der Waals surface area contributed by atoms with E-state index in [0.717, 1.165) is 19.1 Å². The molecule has 17 heavy (non-hydrogen) atoms. The lowest BCUT2D eigenvalue weighted by Crippen LogP contribution is -2.58. The summed E-state index contributed by atoms with van der Waals surface area (Å²) in [6.45, 7) is 4.39. The third-order valence-corrected chi connectivity index (χ3v) is 4.84. The fourth-order valence-corrected chi connectivity index (χ4v) is 3.52. The quantitative estimate of drug-likeness (QED) is 0.791. The fraction of sp³-hybridized carbons (Fsp3) is 1.00. The highest BCUT2D eigenvalue weighted by atomic mass is 16.5. The molecule has 1 saturated carbocycles. The molecule has 0 aromatic carbocycles. The summed E-state index contributed by atoms with van der Waals surface area (Å²) >= 11 is 0. The second kappa shape index (κ2) is 4.87. The summed E-state index contributed by atoms with van der Waals surface area (Å²) < 4.78 is 6.29. The van der Waals surface area contributed by atoms with Crippen molar-refractivity contribution in [3.63, 3.8) is 0 Å². The summed E-state index contributed by atoms with van der Waals surface area (Å²) in [7, 11) is 2.24. The first kappa shape index (κ1) is 11.9. The highest BCUT2D eigenvalue weighted by Crippen LogP contribution is 2.40. The number of ether oxygens (including phenoxy) is 1. The predicted molar refractivity (Wildman–Crippen MR) is 69.2 cm³/mol. The van der Waals surface area contributed by atoms with Crippen LogP contribution in [0.5, 0.6) is 0 Å². The van der Waals surface area contributed by atoms with Gasteiger partial charge in [0, 0.05) is 19.1 Å². The number of nitrogens with one attached hydrogen (secondary N) is 1. The Kier molecular flexibility index (Phi) is 3.42. The fourth-order valence-electron chi connectivity index (χ4n) is 3.52. The minimum absolute atomic E-state index is 0.158. The van der Waals surface area contributed by atoms with Gasteiger partial charge in [-0.05, 0) is 45.2 Å². The molecule has 1 aliphatic carbocycles. The van der Waals surface area contributed by atoms with Crippen molar-refractivity contribution in [1.29, 1.82) is 0 Å². The first-order valence-electron chi connectivity index (χ1n) is 7.34. The van der Waals surface area contributed by atoms with E-state index >= 15 is 0 Å². The van der Waals surface area contributed by atoms with Crippen molar-refractivity contribution < 1.29 is 4.74 Å². The van der Waals surface area contributed by atoms with Crippen LogP contribution in [0.3, 0.4) is 0 Å². The zero-order chi connectivity index (χ0) is 11.7. The van der Waals surface area contributed by atoms with Crippen LogP contribution in [0.4, 0.5) is 0 Å². The van der Waals surface area contributed by atoms with Gasteiger partial charge in [0.05, 0.1) is 12.2 Å². The molecule has 3 fully saturated rings. The van der Waals surface area contributed by atoms with Gasteiger partial charge in [0.1, 0.15) is 0 Å². The molecule has 2 aliphatic heterocycles. The zero-order valence-corrected chi connectivity index (χ0v) is 11.1. The smallest absolute Gasteiger partial charge is 0.0848 e. The van der Waals surface area contributed by atoms with Crippen molar-refractivity contribution in [2.75, 3.05) is 33.3 Å². The van der Waals surface area contributed by atoms with E-state index in [1.807, 2.05) is 0 Å². The number of morpholine rings is 1. The van der Waals surface area contributed by atoms with Gasteiger partial charge in [-0.3, -0.25) is 0 Å². The number of likely N-dealkylation sites (tertiary alicyclic amines) is 1. The van der Waals surface area contributed by atoms with E-state index < -0.39 is 0 Å².